The lowest BCUT2D eigenvalue weighted by molar-refractivity contribution is 0.145. The number of hydrogen-bond donors (Lipinski definition) is 2. The van der Waals surface area contributed by atoms with Crippen LogP contribution in [-0.4, -0.2) is 47.0 Å². The third kappa shape index (κ3) is 7.39. The van der Waals surface area contributed by atoms with E-state index < -0.39 is 0 Å². The molecule has 7 nitrogen and oxygen atoms in total. The van der Waals surface area contributed by atoms with Gasteiger partial charge in [-0.3, -0.25) is 4.57 Å². The summed E-state index contributed by atoms with van der Waals surface area (Å²) >= 11 is 0. The van der Waals surface area contributed by atoms with Crippen molar-refractivity contribution in [1.82, 2.24) is 25.4 Å². The number of aliphatic imine (C=N–C) groups is 1. The normalized spacial score (nSPS) is 11.0. The van der Waals surface area contributed by atoms with Gasteiger partial charge in [0.2, 0.25) is 0 Å². The van der Waals surface area contributed by atoms with Gasteiger partial charge < -0.3 is 15.4 Å². The Labute approximate surface area is 166 Å². The van der Waals surface area contributed by atoms with Crippen LogP contribution < -0.4 is 10.6 Å². The number of aromatic nitrogens is 3. The Morgan fingerprint density at radius 3 is 2.72 bits per heavy atom. The van der Waals surface area contributed by atoms with E-state index in [1.807, 2.05) is 48.7 Å². The van der Waals surface area contributed by atoms with Gasteiger partial charge in [0.25, 0.3) is 0 Å². The number of nitrogens with zero attached hydrogens (tertiary/aromatic N) is 4. The monoisotopic (exact) mass is 458 g/mol. The molecule has 0 unspecified atom stereocenters. The van der Waals surface area contributed by atoms with Crippen molar-refractivity contribution in [2.45, 2.75) is 26.8 Å². The highest BCUT2D eigenvalue weighted by Gasteiger charge is 2.06. The van der Waals surface area contributed by atoms with Crippen molar-refractivity contribution < 1.29 is 4.74 Å². The maximum Gasteiger partial charge on any atom is 0.191 e. The molecular weight excluding hydrogens is 431 g/mol. The second-order valence-electron chi connectivity index (χ2n) is 5.13. The SMILES string of the molecule is CCNC(=NCc1nncn1-c1ccccc1)NCCCOCC.I. The average Bonchev–Trinajstić information content (AvgIpc) is 3.08. The molecule has 2 rings (SSSR count). The molecule has 1 aromatic heterocycles. The van der Waals surface area contributed by atoms with E-state index >= 15 is 0 Å². The second-order valence-corrected chi connectivity index (χ2v) is 5.13. The molecule has 2 N–H and O–H groups in total. The molecule has 0 saturated carbocycles. The lowest BCUT2D eigenvalue weighted by Gasteiger charge is -2.11. The predicted octanol–water partition coefficient (Wildman–Crippen LogP) is 2.37. The van der Waals surface area contributed by atoms with Gasteiger partial charge in [-0.15, -0.1) is 34.2 Å². The second kappa shape index (κ2) is 12.6. The maximum absolute atomic E-state index is 5.34. The van der Waals surface area contributed by atoms with Gasteiger partial charge >= 0.3 is 0 Å². The van der Waals surface area contributed by atoms with Crippen LogP contribution in [0.2, 0.25) is 0 Å². The molecule has 0 aliphatic heterocycles. The number of para-hydroxylation sites is 1. The Bertz CT molecular complexity index is 617. The Kier molecular flexibility index (Phi) is 10.8. The van der Waals surface area contributed by atoms with Crippen LogP contribution in [0.3, 0.4) is 0 Å². The molecule has 1 heterocycles. The molecule has 0 radical (unpaired) electrons. The highest BCUT2D eigenvalue weighted by molar-refractivity contribution is 14.0. The lowest BCUT2D eigenvalue weighted by atomic mass is 10.3. The summed E-state index contributed by atoms with van der Waals surface area (Å²) < 4.78 is 7.28. The molecule has 138 valence electrons. The van der Waals surface area contributed by atoms with Gasteiger partial charge in [0, 0.05) is 32.0 Å². The Hall–Kier alpha value is -1.68. The number of benzene rings is 1. The molecule has 0 atom stereocenters. The molecule has 0 spiro atoms. The van der Waals surface area contributed by atoms with Crippen LogP contribution in [0.4, 0.5) is 0 Å². The number of ether oxygens (including phenoxy) is 1. The van der Waals surface area contributed by atoms with Crippen molar-refractivity contribution in [1.29, 1.82) is 0 Å². The first-order valence-electron chi connectivity index (χ1n) is 8.39. The van der Waals surface area contributed by atoms with Crippen LogP contribution in [0, 0.1) is 0 Å². The summed E-state index contributed by atoms with van der Waals surface area (Å²) in [5.74, 6) is 1.57. The minimum atomic E-state index is 0. The minimum absolute atomic E-state index is 0. The number of halogens is 1. The first-order chi connectivity index (χ1) is 11.8. The lowest BCUT2D eigenvalue weighted by Crippen LogP contribution is -2.38. The Morgan fingerprint density at radius 2 is 2.00 bits per heavy atom. The number of rotatable bonds is 9. The number of guanidine groups is 1. The zero-order valence-electron chi connectivity index (χ0n) is 14.8. The number of nitrogens with one attached hydrogen (secondary N) is 2. The van der Waals surface area contributed by atoms with Gasteiger partial charge in [-0.05, 0) is 32.4 Å². The molecule has 25 heavy (non-hydrogen) atoms. The minimum Gasteiger partial charge on any atom is -0.382 e. The molecule has 2 aromatic rings. The van der Waals surface area contributed by atoms with Crippen LogP contribution in [-0.2, 0) is 11.3 Å². The molecule has 0 amide bonds. The van der Waals surface area contributed by atoms with Gasteiger partial charge in [0.1, 0.15) is 12.9 Å². The van der Waals surface area contributed by atoms with Gasteiger partial charge in [-0.2, -0.15) is 0 Å². The van der Waals surface area contributed by atoms with Gasteiger partial charge in [-0.25, -0.2) is 4.99 Å². The largest absolute Gasteiger partial charge is 0.382 e. The highest BCUT2D eigenvalue weighted by Crippen LogP contribution is 2.09. The summed E-state index contributed by atoms with van der Waals surface area (Å²) in [6, 6.07) is 10.0. The van der Waals surface area contributed by atoms with Crippen LogP contribution in [0.15, 0.2) is 41.7 Å². The molecule has 0 fully saturated rings. The summed E-state index contributed by atoms with van der Waals surface area (Å²) in [6.07, 6.45) is 2.65. The smallest absolute Gasteiger partial charge is 0.191 e. The quantitative estimate of drug-likeness (QED) is 0.261. The summed E-state index contributed by atoms with van der Waals surface area (Å²) in [6.45, 7) is 7.63. The Morgan fingerprint density at radius 1 is 1.20 bits per heavy atom. The van der Waals surface area contributed by atoms with Gasteiger partial charge in [0.15, 0.2) is 11.8 Å². The summed E-state index contributed by atoms with van der Waals surface area (Å²) in [5.41, 5.74) is 1.03. The van der Waals surface area contributed by atoms with Crippen LogP contribution in [0.25, 0.3) is 5.69 Å². The third-order valence-electron chi connectivity index (χ3n) is 3.34. The third-order valence-corrected chi connectivity index (χ3v) is 3.34. The van der Waals surface area contributed by atoms with Crippen molar-refractivity contribution >= 4 is 29.9 Å². The van der Waals surface area contributed by atoms with E-state index in [2.05, 4.69) is 25.8 Å². The molecule has 0 bridgehead atoms. The maximum atomic E-state index is 5.34. The standard InChI is InChI=1S/C17H26N6O.HI/c1-3-18-17(19-11-8-12-24-4-2)20-13-16-22-21-14-23(16)15-9-6-5-7-10-15;/h5-7,9-10,14H,3-4,8,11-13H2,1-2H3,(H2,18,19,20);1H. The molecule has 8 heteroatoms. The number of hydrogen-bond acceptors (Lipinski definition) is 4. The van der Waals surface area contributed by atoms with Crippen molar-refractivity contribution in [2.75, 3.05) is 26.3 Å². The van der Waals surface area contributed by atoms with E-state index in [0.29, 0.717) is 6.54 Å². The summed E-state index contributed by atoms with van der Waals surface area (Å²) in [4.78, 5) is 4.59. The van der Waals surface area contributed by atoms with E-state index in [-0.39, 0.29) is 24.0 Å². The van der Waals surface area contributed by atoms with E-state index in [9.17, 15) is 0 Å². The Balaban J connectivity index is 0.00000312. The fourth-order valence-corrected chi connectivity index (χ4v) is 2.19. The van der Waals surface area contributed by atoms with Gasteiger partial charge in [0.05, 0.1) is 0 Å². The summed E-state index contributed by atoms with van der Waals surface area (Å²) in [7, 11) is 0. The molecule has 0 aliphatic rings. The van der Waals surface area contributed by atoms with Gasteiger partial charge in [-0.1, -0.05) is 18.2 Å². The van der Waals surface area contributed by atoms with Crippen molar-refractivity contribution in [3.63, 3.8) is 0 Å². The van der Waals surface area contributed by atoms with Crippen molar-refractivity contribution in [3.05, 3.63) is 42.5 Å². The van der Waals surface area contributed by atoms with Crippen molar-refractivity contribution in [3.8, 4) is 5.69 Å². The fraction of sp³-hybridized carbons (Fsp3) is 0.471. The predicted molar refractivity (Wildman–Crippen MR) is 111 cm³/mol. The fourth-order valence-electron chi connectivity index (χ4n) is 2.19. The van der Waals surface area contributed by atoms with Crippen LogP contribution >= 0.6 is 24.0 Å². The molecule has 0 aliphatic carbocycles. The zero-order valence-corrected chi connectivity index (χ0v) is 17.1. The van der Waals surface area contributed by atoms with E-state index in [1.165, 1.54) is 0 Å². The first-order valence-corrected chi connectivity index (χ1v) is 8.39. The summed E-state index contributed by atoms with van der Waals surface area (Å²) in [5, 5.41) is 14.7. The molecular formula is C17H27IN6O. The molecule has 1 aromatic carbocycles. The van der Waals surface area contributed by atoms with E-state index in [1.54, 1.807) is 6.33 Å². The zero-order chi connectivity index (χ0) is 17.0. The topological polar surface area (TPSA) is 76.4 Å². The average molecular weight is 458 g/mol. The van der Waals surface area contributed by atoms with E-state index in [0.717, 1.165) is 50.2 Å². The van der Waals surface area contributed by atoms with Crippen molar-refractivity contribution in [2.24, 2.45) is 4.99 Å². The van der Waals surface area contributed by atoms with E-state index in [4.69, 9.17) is 4.74 Å². The highest BCUT2D eigenvalue weighted by atomic mass is 127. The van der Waals surface area contributed by atoms with Crippen LogP contribution in [0.1, 0.15) is 26.1 Å². The molecule has 0 saturated heterocycles. The van der Waals surface area contributed by atoms with Crippen LogP contribution in [0.5, 0.6) is 0 Å². The first kappa shape index (κ1) is 21.4.